The SMILES string of the molecule is Cc1ccc(S(=O)(=O)N(Cc2nc(-c3ccccc3)no2)C(C)C)cc1. The van der Waals surface area contributed by atoms with Gasteiger partial charge in [-0.25, -0.2) is 8.42 Å². The molecule has 136 valence electrons. The maximum absolute atomic E-state index is 13.0. The summed E-state index contributed by atoms with van der Waals surface area (Å²) in [4.78, 5) is 4.59. The van der Waals surface area contributed by atoms with Gasteiger partial charge in [0.2, 0.25) is 21.7 Å². The van der Waals surface area contributed by atoms with Crippen molar-refractivity contribution in [2.24, 2.45) is 0 Å². The lowest BCUT2D eigenvalue weighted by molar-refractivity contribution is 0.286. The summed E-state index contributed by atoms with van der Waals surface area (Å²) in [5, 5.41) is 3.96. The van der Waals surface area contributed by atoms with Gasteiger partial charge < -0.3 is 4.52 Å². The highest BCUT2D eigenvalue weighted by Crippen LogP contribution is 2.22. The van der Waals surface area contributed by atoms with Gasteiger partial charge in [-0.05, 0) is 32.9 Å². The number of rotatable bonds is 6. The highest BCUT2D eigenvalue weighted by molar-refractivity contribution is 7.89. The van der Waals surface area contributed by atoms with Crippen molar-refractivity contribution < 1.29 is 12.9 Å². The van der Waals surface area contributed by atoms with E-state index < -0.39 is 10.0 Å². The van der Waals surface area contributed by atoms with Crippen LogP contribution in [-0.4, -0.2) is 28.9 Å². The van der Waals surface area contributed by atoms with E-state index in [9.17, 15) is 8.42 Å². The topological polar surface area (TPSA) is 76.3 Å². The summed E-state index contributed by atoms with van der Waals surface area (Å²) in [6.45, 7) is 5.58. The second kappa shape index (κ2) is 7.39. The van der Waals surface area contributed by atoms with Crippen molar-refractivity contribution in [3.63, 3.8) is 0 Å². The fourth-order valence-corrected chi connectivity index (χ4v) is 4.13. The van der Waals surface area contributed by atoms with Gasteiger partial charge in [0.25, 0.3) is 0 Å². The lowest BCUT2D eigenvalue weighted by Gasteiger charge is -2.24. The maximum atomic E-state index is 13.0. The Morgan fingerprint density at radius 3 is 2.31 bits per heavy atom. The smallest absolute Gasteiger partial charge is 0.243 e. The average Bonchev–Trinajstić information content (AvgIpc) is 3.09. The third kappa shape index (κ3) is 3.84. The molecule has 3 rings (SSSR count). The molecule has 6 nitrogen and oxygen atoms in total. The van der Waals surface area contributed by atoms with E-state index in [-0.39, 0.29) is 23.4 Å². The largest absolute Gasteiger partial charge is 0.338 e. The molecule has 26 heavy (non-hydrogen) atoms. The van der Waals surface area contributed by atoms with Crippen LogP contribution in [0.4, 0.5) is 0 Å². The van der Waals surface area contributed by atoms with Gasteiger partial charge in [0, 0.05) is 11.6 Å². The Hall–Kier alpha value is -2.51. The van der Waals surface area contributed by atoms with E-state index in [0.717, 1.165) is 11.1 Å². The van der Waals surface area contributed by atoms with Crippen molar-refractivity contribution >= 4 is 10.0 Å². The van der Waals surface area contributed by atoms with Crippen LogP contribution < -0.4 is 0 Å². The van der Waals surface area contributed by atoms with E-state index in [0.29, 0.717) is 5.82 Å². The summed E-state index contributed by atoms with van der Waals surface area (Å²) in [5.41, 5.74) is 1.82. The minimum atomic E-state index is -3.67. The first kappa shape index (κ1) is 18.3. The third-order valence-electron chi connectivity index (χ3n) is 3.99. The quantitative estimate of drug-likeness (QED) is 0.661. The minimum Gasteiger partial charge on any atom is -0.338 e. The Labute approximate surface area is 153 Å². The van der Waals surface area contributed by atoms with Crippen molar-refractivity contribution in [1.82, 2.24) is 14.4 Å². The van der Waals surface area contributed by atoms with Crippen molar-refractivity contribution in [3.8, 4) is 11.4 Å². The second-order valence-corrected chi connectivity index (χ2v) is 8.23. The number of nitrogens with zero attached hydrogens (tertiary/aromatic N) is 3. The highest BCUT2D eigenvalue weighted by Gasteiger charge is 2.29. The Morgan fingerprint density at radius 1 is 1.04 bits per heavy atom. The van der Waals surface area contributed by atoms with Crippen LogP contribution in [0.25, 0.3) is 11.4 Å². The number of benzene rings is 2. The molecule has 0 fully saturated rings. The summed E-state index contributed by atoms with van der Waals surface area (Å²) in [7, 11) is -3.67. The fourth-order valence-electron chi connectivity index (χ4n) is 2.55. The molecular weight excluding hydrogens is 350 g/mol. The zero-order valence-corrected chi connectivity index (χ0v) is 15.8. The Morgan fingerprint density at radius 2 is 1.69 bits per heavy atom. The molecule has 0 amide bonds. The first-order valence-corrected chi connectivity index (χ1v) is 9.78. The molecule has 1 heterocycles. The van der Waals surface area contributed by atoms with Crippen molar-refractivity contribution in [3.05, 3.63) is 66.1 Å². The summed E-state index contributed by atoms with van der Waals surface area (Å²) >= 11 is 0. The summed E-state index contributed by atoms with van der Waals surface area (Å²) in [6.07, 6.45) is 0. The van der Waals surface area contributed by atoms with Gasteiger partial charge in [0.05, 0.1) is 11.4 Å². The molecule has 0 radical (unpaired) electrons. The van der Waals surface area contributed by atoms with Crippen molar-refractivity contribution in [1.29, 1.82) is 0 Å². The van der Waals surface area contributed by atoms with Crippen LogP contribution in [0.15, 0.2) is 64.0 Å². The molecule has 3 aromatic rings. The fraction of sp³-hybridized carbons (Fsp3) is 0.263. The van der Waals surface area contributed by atoms with Crippen molar-refractivity contribution in [2.75, 3.05) is 0 Å². The number of hydrogen-bond acceptors (Lipinski definition) is 5. The molecule has 0 N–H and O–H groups in total. The lowest BCUT2D eigenvalue weighted by Crippen LogP contribution is -2.36. The predicted molar refractivity (Wildman–Crippen MR) is 98.8 cm³/mol. The highest BCUT2D eigenvalue weighted by atomic mass is 32.2. The van der Waals surface area contributed by atoms with Crippen LogP contribution in [0.2, 0.25) is 0 Å². The summed E-state index contributed by atoms with van der Waals surface area (Å²) in [5.74, 6) is 0.699. The van der Waals surface area contributed by atoms with E-state index in [1.54, 1.807) is 24.3 Å². The van der Waals surface area contributed by atoms with Gasteiger partial charge in [0.15, 0.2) is 0 Å². The molecule has 0 unspecified atom stereocenters. The molecule has 1 aromatic heterocycles. The first-order valence-electron chi connectivity index (χ1n) is 8.34. The molecular formula is C19H21N3O3S. The van der Waals surface area contributed by atoms with Gasteiger partial charge in [-0.1, -0.05) is 53.2 Å². The number of aryl methyl sites for hydroxylation is 1. The minimum absolute atomic E-state index is 0.0215. The lowest BCUT2D eigenvalue weighted by atomic mass is 10.2. The Bertz CT molecular complexity index is 965. The number of hydrogen-bond donors (Lipinski definition) is 0. The molecule has 2 aromatic carbocycles. The second-order valence-electron chi connectivity index (χ2n) is 6.33. The zero-order chi connectivity index (χ0) is 18.7. The molecule has 0 spiro atoms. The van der Waals surface area contributed by atoms with E-state index in [1.807, 2.05) is 51.1 Å². The van der Waals surface area contributed by atoms with Gasteiger partial charge in [0.1, 0.15) is 0 Å². The van der Waals surface area contributed by atoms with E-state index in [2.05, 4.69) is 10.1 Å². The summed E-state index contributed by atoms with van der Waals surface area (Å²) < 4.78 is 32.6. The average molecular weight is 371 g/mol. The van der Waals surface area contributed by atoms with Gasteiger partial charge in [-0.3, -0.25) is 0 Å². The summed E-state index contributed by atoms with van der Waals surface area (Å²) in [6, 6.07) is 16.0. The molecule has 0 saturated heterocycles. The van der Waals surface area contributed by atoms with Crippen LogP contribution in [0, 0.1) is 6.92 Å². The van der Waals surface area contributed by atoms with Crippen LogP contribution in [0.1, 0.15) is 25.3 Å². The molecule has 0 aliphatic carbocycles. The molecule has 0 atom stereocenters. The monoisotopic (exact) mass is 371 g/mol. The Kier molecular flexibility index (Phi) is 5.20. The standard InChI is InChI=1S/C19H21N3O3S/c1-14(2)22(26(23,24)17-11-9-15(3)10-12-17)13-18-20-19(21-25-18)16-7-5-4-6-8-16/h4-12,14H,13H2,1-3H3. The van der Waals surface area contributed by atoms with Gasteiger partial charge in [-0.2, -0.15) is 9.29 Å². The third-order valence-corrected chi connectivity index (χ3v) is 6.03. The van der Waals surface area contributed by atoms with Gasteiger partial charge >= 0.3 is 0 Å². The van der Waals surface area contributed by atoms with E-state index in [1.165, 1.54) is 4.31 Å². The normalized spacial score (nSPS) is 12.0. The van der Waals surface area contributed by atoms with Crippen LogP contribution in [0.5, 0.6) is 0 Å². The van der Waals surface area contributed by atoms with E-state index in [4.69, 9.17) is 4.52 Å². The molecule has 0 bridgehead atoms. The van der Waals surface area contributed by atoms with Crippen LogP contribution in [0.3, 0.4) is 0 Å². The Balaban J connectivity index is 1.88. The zero-order valence-electron chi connectivity index (χ0n) is 15.0. The van der Waals surface area contributed by atoms with Crippen LogP contribution in [-0.2, 0) is 16.6 Å². The number of sulfonamides is 1. The van der Waals surface area contributed by atoms with E-state index >= 15 is 0 Å². The maximum Gasteiger partial charge on any atom is 0.243 e. The van der Waals surface area contributed by atoms with Crippen LogP contribution >= 0.6 is 0 Å². The molecule has 7 heteroatoms. The van der Waals surface area contributed by atoms with Gasteiger partial charge in [-0.15, -0.1) is 0 Å². The first-order chi connectivity index (χ1) is 12.4. The molecule has 0 aliphatic rings. The molecule has 0 saturated carbocycles. The van der Waals surface area contributed by atoms with Crippen molar-refractivity contribution in [2.45, 2.75) is 38.3 Å². The number of aromatic nitrogens is 2. The predicted octanol–water partition coefficient (Wildman–Crippen LogP) is 3.64. The molecule has 0 aliphatic heterocycles.